The molecule has 0 aliphatic heterocycles. The first-order valence-corrected chi connectivity index (χ1v) is 5.50. The molecule has 0 saturated heterocycles. The number of nitrogens with one attached hydrogen (secondary N) is 1. The summed E-state index contributed by atoms with van der Waals surface area (Å²) >= 11 is 0. The Bertz CT molecular complexity index is 438. The number of ether oxygens (including phenoxy) is 1. The molecule has 0 saturated carbocycles. The van der Waals surface area contributed by atoms with Crippen molar-refractivity contribution >= 4 is 17.6 Å². The van der Waals surface area contributed by atoms with Crippen LogP contribution in [0.25, 0.3) is 0 Å². The third-order valence-electron chi connectivity index (χ3n) is 2.14. The van der Waals surface area contributed by atoms with E-state index < -0.39 is 5.97 Å². The lowest BCUT2D eigenvalue weighted by atomic mass is 10.1. The second-order valence-electron chi connectivity index (χ2n) is 4.13. The number of hydrogen-bond donors (Lipinski definition) is 1. The molecule has 0 bridgehead atoms. The summed E-state index contributed by atoms with van der Waals surface area (Å²) < 4.78 is 5.12. The van der Waals surface area contributed by atoms with Gasteiger partial charge in [0, 0.05) is 6.92 Å². The number of aryl methyl sites for hydroxylation is 1. The van der Waals surface area contributed by atoms with E-state index >= 15 is 0 Å². The van der Waals surface area contributed by atoms with Gasteiger partial charge in [0.15, 0.2) is 0 Å². The molecule has 0 unspecified atom stereocenters. The van der Waals surface area contributed by atoms with Crippen molar-refractivity contribution in [3.63, 3.8) is 0 Å². The minimum atomic E-state index is -0.424. The number of carbonyl (C=O) groups excluding carboxylic acids is 2. The Balaban J connectivity index is 3.09. The van der Waals surface area contributed by atoms with Crippen LogP contribution < -0.4 is 5.32 Å². The highest BCUT2D eigenvalue weighted by Gasteiger charge is 2.16. The van der Waals surface area contributed by atoms with E-state index in [0.717, 1.165) is 5.56 Å². The van der Waals surface area contributed by atoms with Gasteiger partial charge >= 0.3 is 5.97 Å². The summed E-state index contributed by atoms with van der Waals surface area (Å²) in [5.41, 5.74) is 1.73. The van der Waals surface area contributed by atoms with E-state index in [2.05, 4.69) is 5.32 Å². The molecule has 1 aromatic carbocycles. The number of para-hydroxylation sites is 1. The fraction of sp³-hybridized carbons (Fsp3) is 0.385. The molecule has 1 amide bonds. The summed E-state index contributed by atoms with van der Waals surface area (Å²) in [5.74, 6) is -0.634. The molecule has 4 heteroatoms. The normalized spacial score (nSPS) is 10.2. The maximum atomic E-state index is 11.8. The van der Waals surface area contributed by atoms with Gasteiger partial charge in [-0.15, -0.1) is 0 Å². The minimum Gasteiger partial charge on any atom is -0.459 e. The molecule has 4 nitrogen and oxygen atoms in total. The average Bonchev–Trinajstić information content (AvgIpc) is 2.19. The molecule has 0 atom stereocenters. The summed E-state index contributed by atoms with van der Waals surface area (Å²) in [6.45, 7) is 6.80. The lowest BCUT2D eigenvalue weighted by Gasteiger charge is -2.13. The lowest BCUT2D eigenvalue weighted by molar-refractivity contribution is -0.114. The molecule has 1 rings (SSSR count). The highest BCUT2D eigenvalue weighted by atomic mass is 16.5. The molecule has 1 N–H and O–H groups in total. The smallest absolute Gasteiger partial charge is 0.340 e. The van der Waals surface area contributed by atoms with Gasteiger partial charge in [-0.2, -0.15) is 0 Å². The van der Waals surface area contributed by atoms with E-state index in [0.29, 0.717) is 11.3 Å². The molecule has 0 aliphatic carbocycles. The van der Waals surface area contributed by atoms with Crippen molar-refractivity contribution in [3.8, 4) is 0 Å². The molecular weight excluding hydrogens is 218 g/mol. The van der Waals surface area contributed by atoms with Crippen molar-refractivity contribution in [2.24, 2.45) is 0 Å². The minimum absolute atomic E-state index is 0.187. The zero-order chi connectivity index (χ0) is 13.0. The molecule has 0 aromatic heterocycles. The van der Waals surface area contributed by atoms with Crippen LogP contribution in [-0.2, 0) is 9.53 Å². The van der Waals surface area contributed by atoms with Crippen LogP contribution in [0.3, 0.4) is 0 Å². The van der Waals surface area contributed by atoms with Crippen LogP contribution in [0.2, 0.25) is 0 Å². The van der Waals surface area contributed by atoms with Gasteiger partial charge in [-0.3, -0.25) is 4.79 Å². The maximum Gasteiger partial charge on any atom is 0.340 e. The van der Waals surface area contributed by atoms with Crippen LogP contribution in [-0.4, -0.2) is 18.0 Å². The van der Waals surface area contributed by atoms with Gasteiger partial charge in [0.25, 0.3) is 0 Å². The second kappa shape index (κ2) is 5.48. The Labute approximate surface area is 101 Å². The predicted molar refractivity (Wildman–Crippen MR) is 66.0 cm³/mol. The molecule has 92 valence electrons. The zero-order valence-corrected chi connectivity index (χ0v) is 10.5. The van der Waals surface area contributed by atoms with E-state index in [1.807, 2.05) is 13.0 Å². The fourth-order valence-corrected chi connectivity index (χ4v) is 1.46. The molecule has 0 fully saturated rings. The molecule has 1 aromatic rings. The highest BCUT2D eigenvalue weighted by molar-refractivity contribution is 6.01. The van der Waals surface area contributed by atoms with Gasteiger partial charge < -0.3 is 10.1 Å². The Hall–Kier alpha value is -1.84. The van der Waals surface area contributed by atoms with Crippen molar-refractivity contribution < 1.29 is 14.3 Å². The van der Waals surface area contributed by atoms with E-state index in [1.165, 1.54) is 6.92 Å². The summed E-state index contributed by atoms with van der Waals surface area (Å²) in [6, 6.07) is 5.23. The molecule has 0 radical (unpaired) electrons. The number of hydrogen-bond acceptors (Lipinski definition) is 3. The lowest BCUT2D eigenvalue weighted by Crippen LogP contribution is -2.16. The van der Waals surface area contributed by atoms with Crippen molar-refractivity contribution in [2.75, 3.05) is 5.32 Å². The maximum absolute atomic E-state index is 11.8. The van der Waals surface area contributed by atoms with E-state index in [4.69, 9.17) is 4.74 Å². The first-order chi connectivity index (χ1) is 7.91. The number of esters is 1. The number of benzene rings is 1. The number of carbonyl (C=O) groups is 2. The van der Waals surface area contributed by atoms with Gasteiger partial charge in [0.1, 0.15) is 0 Å². The summed E-state index contributed by atoms with van der Waals surface area (Å²) in [5, 5.41) is 2.66. The first-order valence-electron chi connectivity index (χ1n) is 5.50. The van der Waals surface area contributed by atoms with Crippen molar-refractivity contribution in [1.82, 2.24) is 0 Å². The van der Waals surface area contributed by atoms with Crippen LogP contribution in [0.5, 0.6) is 0 Å². The topological polar surface area (TPSA) is 55.4 Å². The van der Waals surface area contributed by atoms with Crippen molar-refractivity contribution in [1.29, 1.82) is 0 Å². The fourth-order valence-electron chi connectivity index (χ4n) is 1.46. The largest absolute Gasteiger partial charge is 0.459 e. The van der Waals surface area contributed by atoms with Crippen molar-refractivity contribution in [2.45, 2.75) is 33.8 Å². The Kier molecular flexibility index (Phi) is 4.26. The molecule has 17 heavy (non-hydrogen) atoms. The van der Waals surface area contributed by atoms with Crippen LogP contribution in [0.15, 0.2) is 18.2 Å². The van der Waals surface area contributed by atoms with Gasteiger partial charge in [-0.25, -0.2) is 4.79 Å². The summed E-state index contributed by atoms with van der Waals surface area (Å²) in [7, 11) is 0. The predicted octanol–water partition coefficient (Wildman–Crippen LogP) is 2.52. The van der Waals surface area contributed by atoms with Gasteiger partial charge in [0.2, 0.25) is 5.91 Å². The molecule has 0 heterocycles. The Morgan fingerprint density at radius 2 is 1.94 bits per heavy atom. The van der Waals surface area contributed by atoms with Crippen LogP contribution >= 0.6 is 0 Å². The van der Waals surface area contributed by atoms with Gasteiger partial charge in [0.05, 0.1) is 17.4 Å². The number of amides is 1. The van der Waals surface area contributed by atoms with E-state index in [1.54, 1.807) is 26.0 Å². The highest BCUT2D eigenvalue weighted by Crippen LogP contribution is 2.21. The van der Waals surface area contributed by atoms with Gasteiger partial charge in [-0.1, -0.05) is 12.1 Å². The third kappa shape index (κ3) is 3.59. The second-order valence-corrected chi connectivity index (χ2v) is 4.13. The zero-order valence-electron chi connectivity index (χ0n) is 10.5. The Morgan fingerprint density at radius 3 is 2.47 bits per heavy atom. The summed E-state index contributed by atoms with van der Waals surface area (Å²) in [6.07, 6.45) is -0.187. The summed E-state index contributed by atoms with van der Waals surface area (Å²) in [4.78, 5) is 22.9. The standard InChI is InChI=1S/C13H17NO3/c1-8(2)17-13(16)11-7-5-6-9(3)12(11)14-10(4)15/h5-8H,1-4H3,(H,14,15). The van der Waals surface area contributed by atoms with E-state index in [9.17, 15) is 9.59 Å². The number of anilines is 1. The first kappa shape index (κ1) is 13.2. The van der Waals surface area contributed by atoms with Crippen LogP contribution in [0, 0.1) is 6.92 Å². The van der Waals surface area contributed by atoms with Crippen molar-refractivity contribution in [3.05, 3.63) is 29.3 Å². The SMILES string of the molecule is CC(=O)Nc1c(C)cccc1C(=O)OC(C)C. The third-order valence-corrected chi connectivity index (χ3v) is 2.14. The molecule has 0 spiro atoms. The Morgan fingerprint density at radius 1 is 1.29 bits per heavy atom. The van der Waals surface area contributed by atoms with Crippen LogP contribution in [0.4, 0.5) is 5.69 Å². The average molecular weight is 235 g/mol. The quantitative estimate of drug-likeness (QED) is 0.819. The molecule has 0 aliphatic rings. The van der Waals surface area contributed by atoms with E-state index in [-0.39, 0.29) is 12.0 Å². The monoisotopic (exact) mass is 235 g/mol. The molecular formula is C13H17NO3. The van der Waals surface area contributed by atoms with Crippen LogP contribution in [0.1, 0.15) is 36.7 Å². The number of rotatable bonds is 3. The van der Waals surface area contributed by atoms with Gasteiger partial charge in [-0.05, 0) is 32.4 Å².